The highest BCUT2D eigenvalue weighted by atomic mass is 16.5. The van der Waals surface area contributed by atoms with Gasteiger partial charge >= 0.3 is 5.97 Å². The summed E-state index contributed by atoms with van der Waals surface area (Å²) >= 11 is 0. The van der Waals surface area contributed by atoms with Crippen molar-refractivity contribution in [3.05, 3.63) is 12.2 Å². The van der Waals surface area contributed by atoms with Crippen molar-refractivity contribution in [3.63, 3.8) is 0 Å². The highest BCUT2D eigenvalue weighted by Gasteiger charge is 2.20. The first-order chi connectivity index (χ1) is 38.0. The third-order valence-corrected chi connectivity index (χ3v) is 16.8. The average molecular weight is 1090 g/mol. The average Bonchev–Trinajstić information content (AvgIpc) is 3.43. The number of unbranched alkanes of at least 4 members (excludes halogenated alkanes) is 54. The molecule has 1 amide bonds. The van der Waals surface area contributed by atoms with Crippen molar-refractivity contribution in [2.45, 2.75) is 418 Å². The lowest BCUT2D eigenvalue weighted by molar-refractivity contribution is -0.143. The standard InChI is InChI=1S/C71H139NO5/c1-3-5-7-9-11-13-15-16-17-38-41-45-49-53-57-61-65-71(76)77-66-62-58-54-50-46-42-39-36-34-32-30-28-26-24-22-20-18-19-21-23-25-27-29-31-33-35-37-40-44-48-52-56-60-64-70(75)72-68(67-73)69(74)63-59-55-51-47-43-14-12-10-8-6-4-2/h22,24,68-69,73-74H,3-21,23,25-67H2,1-2H3,(H,72,75)/b24-22-. The maximum Gasteiger partial charge on any atom is 0.305 e. The Bertz CT molecular complexity index is 1160. The Balaban J connectivity index is 3.31. The van der Waals surface area contributed by atoms with Crippen LogP contribution in [-0.4, -0.2) is 47.4 Å². The number of carbonyl (C=O) groups excluding carboxylic acids is 2. The number of aliphatic hydroxyl groups excluding tert-OH is 2. The minimum Gasteiger partial charge on any atom is -0.466 e. The molecule has 2 unspecified atom stereocenters. The molecule has 0 fully saturated rings. The second-order valence-electron chi connectivity index (χ2n) is 24.6. The van der Waals surface area contributed by atoms with Gasteiger partial charge < -0.3 is 20.3 Å². The van der Waals surface area contributed by atoms with E-state index < -0.39 is 12.1 Å². The molecule has 0 saturated carbocycles. The zero-order chi connectivity index (χ0) is 55.7. The summed E-state index contributed by atoms with van der Waals surface area (Å²) in [6.45, 7) is 4.98. The zero-order valence-electron chi connectivity index (χ0n) is 52.5. The lowest BCUT2D eigenvalue weighted by Gasteiger charge is -2.22. The predicted octanol–water partition coefficient (Wildman–Crippen LogP) is 22.8. The molecule has 0 saturated heterocycles. The van der Waals surface area contributed by atoms with E-state index in [1.807, 2.05) is 0 Å². The summed E-state index contributed by atoms with van der Waals surface area (Å²) in [7, 11) is 0. The van der Waals surface area contributed by atoms with Gasteiger partial charge in [0.15, 0.2) is 0 Å². The number of allylic oxidation sites excluding steroid dienone is 2. The van der Waals surface area contributed by atoms with Crippen LogP contribution in [0.4, 0.5) is 0 Å². The number of hydrogen-bond donors (Lipinski definition) is 3. The highest BCUT2D eigenvalue weighted by Crippen LogP contribution is 2.19. The Labute approximate surface area is 482 Å². The molecule has 0 aromatic rings. The summed E-state index contributed by atoms with van der Waals surface area (Å²) < 4.78 is 5.50. The zero-order valence-corrected chi connectivity index (χ0v) is 52.5. The molecule has 0 spiro atoms. The number of rotatable bonds is 67. The van der Waals surface area contributed by atoms with Crippen LogP contribution < -0.4 is 5.32 Å². The lowest BCUT2D eigenvalue weighted by atomic mass is 10.0. The van der Waals surface area contributed by atoms with E-state index in [-0.39, 0.29) is 18.5 Å². The first-order valence-corrected chi connectivity index (χ1v) is 35.4. The Morgan fingerprint density at radius 3 is 0.922 bits per heavy atom. The predicted molar refractivity (Wildman–Crippen MR) is 338 cm³/mol. The van der Waals surface area contributed by atoms with Crippen molar-refractivity contribution in [2.24, 2.45) is 0 Å². The molecule has 6 heteroatoms. The molecule has 0 rings (SSSR count). The summed E-state index contributed by atoms with van der Waals surface area (Å²) in [5.41, 5.74) is 0. The van der Waals surface area contributed by atoms with Crippen LogP contribution in [0.25, 0.3) is 0 Å². The van der Waals surface area contributed by atoms with Gasteiger partial charge in [0.05, 0.1) is 25.4 Å². The quantitative estimate of drug-likeness (QED) is 0.0320. The molecule has 458 valence electrons. The number of ether oxygens (including phenoxy) is 1. The van der Waals surface area contributed by atoms with Gasteiger partial charge in [0.1, 0.15) is 0 Å². The fourth-order valence-corrected chi connectivity index (χ4v) is 11.4. The topological polar surface area (TPSA) is 95.9 Å². The van der Waals surface area contributed by atoms with Crippen LogP contribution in [0, 0.1) is 0 Å². The number of amides is 1. The number of aliphatic hydroxyl groups is 2. The maximum atomic E-state index is 12.5. The normalized spacial score (nSPS) is 12.5. The molecule has 3 N–H and O–H groups in total. The molecular formula is C71H139NO5. The van der Waals surface area contributed by atoms with E-state index in [0.717, 1.165) is 38.5 Å². The van der Waals surface area contributed by atoms with Crippen molar-refractivity contribution in [1.29, 1.82) is 0 Å². The van der Waals surface area contributed by atoms with Gasteiger partial charge in [0.25, 0.3) is 0 Å². The Morgan fingerprint density at radius 2 is 0.610 bits per heavy atom. The fourth-order valence-electron chi connectivity index (χ4n) is 11.4. The molecule has 6 nitrogen and oxygen atoms in total. The minimum absolute atomic E-state index is 0.0230. The largest absolute Gasteiger partial charge is 0.466 e. The fraction of sp³-hybridized carbons (Fsp3) is 0.944. The molecule has 0 aliphatic rings. The van der Waals surface area contributed by atoms with Gasteiger partial charge in [-0.3, -0.25) is 9.59 Å². The molecule has 77 heavy (non-hydrogen) atoms. The summed E-state index contributed by atoms with van der Waals surface area (Å²) in [6, 6.07) is -0.537. The van der Waals surface area contributed by atoms with E-state index in [1.54, 1.807) is 0 Å². The van der Waals surface area contributed by atoms with E-state index >= 15 is 0 Å². The Kier molecular flexibility index (Phi) is 65.9. The molecule has 0 heterocycles. The number of carbonyl (C=O) groups is 2. The number of esters is 1. The monoisotopic (exact) mass is 1090 g/mol. The summed E-state index contributed by atoms with van der Waals surface area (Å²) in [5.74, 6) is -0.00763. The van der Waals surface area contributed by atoms with Gasteiger partial charge in [-0.1, -0.05) is 353 Å². The van der Waals surface area contributed by atoms with Crippen LogP contribution in [0.2, 0.25) is 0 Å². The first-order valence-electron chi connectivity index (χ1n) is 35.4. The molecular weight excluding hydrogens is 947 g/mol. The lowest BCUT2D eigenvalue weighted by Crippen LogP contribution is -2.45. The summed E-state index contributed by atoms with van der Waals surface area (Å²) in [6.07, 6.45) is 82.8. The number of hydrogen-bond acceptors (Lipinski definition) is 5. The van der Waals surface area contributed by atoms with Crippen LogP contribution in [0.5, 0.6) is 0 Å². The van der Waals surface area contributed by atoms with Gasteiger partial charge in [-0.05, 0) is 51.4 Å². The van der Waals surface area contributed by atoms with Crippen molar-refractivity contribution < 1.29 is 24.5 Å². The van der Waals surface area contributed by atoms with Crippen LogP contribution in [0.15, 0.2) is 12.2 Å². The van der Waals surface area contributed by atoms with E-state index in [2.05, 4.69) is 31.3 Å². The second kappa shape index (κ2) is 67.1. The summed E-state index contributed by atoms with van der Waals surface area (Å²) in [4.78, 5) is 24.5. The van der Waals surface area contributed by atoms with Crippen molar-refractivity contribution in [1.82, 2.24) is 5.32 Å². The van der Waals surface area contributed by atoms with Crippen LogP contribution in [0.1, 0.15) is 406 Å². The molecule has 2 atom stereocenters. The van der Waals surface area contributed by atoms with Gasteiger partial charge in [0, 0.05) is 12.8 Å². The van der Waals surface area contributed by atoms with Gasteiger partial charge in [-0.25, -0.2) is 0 Å². The molecule has 0 aliphatic carbocycles. The highest BCUT2D eigenvalue weighted by molar-refractivity contribution is 5.76. The smallest absolute Gasteiger partial charge is 0.305 e. The SMILES string of the molecule is CCCCCCCCCCCCCCCCCCC(=O)OCCCCCCCCCCCCCC/C=C\CCCCCCCCCCCCCCCCCCCC(=O)NC(CO)C(O)CCCCCCCCCCCCC. The molecule has 0 aromatic carbocycles. The van der Waals surface area contributed by atoms with Crippen molar-refractivity contribution in [2.75, 3.05) is 13.2 Å². The molecule has 0 bridgehead atoms. The maximum absolute atomic E-state index is 12.5. The first kappa shape index (κ1) is 75.6. The summed E-state index contributed by atoms with van der Waals surface area (Å²) in [5, 5.41) is 23.2. The van der Waals surface area contributed by atoms with Crippen molar-refractivity contribution >= 4 is 11.9 Å². The van der Waals surface area contributed by atoms with Crippen LogP contribution in [0.3, 0.4) is 0 Å². The number of nitrogens with one attached hydrogen (secondary N) is 1. The Hall–Kier alpha value is -1.40. The molecule has 0 aliphatic heterocycles. The van der Waals surface area contributed by atoms with Gasteiger partial charge in [0.2, 0.25) is 5.91 Å². The Morgan fingerprint density at radius 1 is 0.351 bits per heavy atom. The third-order valence-electron chi connectivity index (χ3n) is 16.8. The van der Waals surface area contributed by atoms with E-state index in [0.29, 0.717) is 25.9 Å². The van der Waals surface area contributed by atoms with E-state index in [4.69, 9.17) is 4.74 Å². The van der Waals surface area contributed by atoms with Gasteiger partial charge in [-0.2, -0.15) is 0 Å². The van der Waals surface area contributed by atoms with E-state index in [9.17, 15) is 19.8 Å². The van der Waals surface area contributed by atoms with Gasteiger partial charge in [-0.15, -0.1) is 0 Å². The van der Waals surface area contributed by atoms with E-state index in [1.165, 1.54) is 334 Å². The third kappa shape index (κ3) is 63.6. The molecule has 0 radical (unpaired) electrons. The van der Waals surface area contributed by atoms with Crippen LogP contribution in [-0.2, 0) is 14.3 Å². The van der Waals surface area contributed by atoms with Crippen LogP contribution >= 0.6 is 0 Å². The van der Waals surface area contributed by atoms with Crippen molar-refractivity contribution in [3.8, 4) is 0 Å². The second-order valence-corrected chi connectivity index (χ2v) is 24.6. The molecule has 0 aromatic heterocycles. The minimum atomic E-state index is -0.660.